The molecule has 0 spiro atoms. The van der Waals surface area contributed by atoms with Crippen molar-refractivity contribution in [3.8, 4) is 0 Å². The maximum atomic E-state index is 5.60. The lowest BCUT2D eigenvalue weighted by Gasteiger charge is -2.11. The van der Waals surface area contributed by atoms with Crippen LogP contribution in [0.2, 0.25) is 0 Å². The minimum Gasteiger partial charge on any atom is -0.373 e. The molecule has 19 heavy (non-hydrogen) atoms. The van der Waals surface area contributed by atoms with Crippen LogP contribution in [0.1, 0.15) is 63.8 Å². The molecule has 1 aromatic heterocycles. The van der Waals surface area contributed by atoms with Crippen LogP contribution in [0.15, 0.2) is 4.52 Å². The summed E-state index contributed by atoms with van der Waals surface area (Å²) in [7, 11) is 1.69. The van der Waals surface area contributed by atoms with Gasteiger partial charge < -0.3 is 15.0 Å². The van der Waals surface area contributed by atoms with E-state index < -0.39 is 0 Å². The lowest BCUT2D eigenvalue weighted by molar-refractivity contribution is 0.0854. The fourth-order valence-electron chi connectivity index (χ4n) is 2.23. The van der Waals surface area contributed by atoms with E-state index in [0.717, 1.165) is 45.1 Å². The Kier molecular flexibility index (Phi) is 7.67. The number of hydrogen-bond donors (Lipinski definition) is 1. The van der Waals surface area contributed by atoms with E-state index in [1.165, 1.54) is 0 Å². The second-order valence-corrected chi connectivity index (χ2v) is 4.95. The zero-order chi connectivity index (χ0) is 14.1. The van der Waals surface area contributed by atoms with Crippen molar-refractivity contribution in [1.82, 2.24) is 10.1 Å². The second-order valence-electron chi connectivity index (χ2n) is 4.95. The molecule has 0 saturated heterocycles. The number of nitrogens with two attached hydrogens (primary N) is 1. The van der Waals surface area contributed by atoms with Crippen molar-refractivity contribution in [2.75, 3.05) is 13.7 Å². The predicted octanol–water partition coefficient (Wildman–Crippen LogP) is 2.86. The Hall–Kier alpha value is -0.940. The number of hydrogen-bond acceptors (Lipinski definition) is 5. The maximum absolute atomic E-state index is 5.60. The molecule has 0 aliphatic rings. The number of aryl methyl sites for hydroxylation is 1. The zero-order valence-electron chi connectivity index (χ0n) is 12.4. The molecule has 0 aliphatic heterocycles. The van der Waals surface area contributed by atoms with Gasteiger partial charge in [-0.2, -0.15) is 4.98 Å². The molecule has 1 heterocycles. The Balaban J connectivity index is 2.49. The third-order valence-electron chi connectivity index (χ3n) is 3.53. The minimum atomic E-state index is -0.0477. The molecule has 0 amide bonds. The van der Waals surface area contributed by atoms with Gasteiger partial charge >= 0.3 is 0 Å². The summed E-state index contributed by atoms with van der Waals surface area (Å²) in [6, 6.07) is 0. The van der Waals surface area contributed by atoms with Gasteiger partial charge in [0.15, 0.2) is 0 Å². The van der Waals surface area contributed by atoms with E-state index in [1.807, 2.05) is 0 Å². The average Bonchev–Trinajstić information content (AvgIpc) is 2.89. The fourth-order valence-corrected chi connectivity index (χ4v) is 2.23. The van der Waals surface area contributed by atoms with Crippen LogP contribution in [0.25, 0.3) is 0 Å². The molecule has 2 unspecified atom stereocenters. The molecule has 5 nitrogen and oxygen atoms in total. The Labute approximate surface area is 115 Å². The minimum absolute atomic E-state index is 0.0477. The van der Waals surface area contributed by atoms with Gasteiger partial charge in [0.25, 0.3) is 0 Å². The van der Waals surface area contributed by atoms with Crippen LogP contribution in [0.4, 0.5) is 0 Å². The van der Waals surface area contributed by atoms with Crippen molar-refractivity contribution in [3.05, 3.63) is 11.7 Å². The van der Waals surface area contributed by atoms with Gasteiger partial charge in [-0.25, -0.2) is 0 Å². The standard InChI is InChI=1S/C14H27N3O2/c1-4-6-12(18-3)14-16-13(19-17-14)8-7-11(5-2)9-10-15/h11-12H,4-10,15H2,1-3H3. The molecule has 2 N–H and O–H groups in total. The van der Waals surface area contributed by atoms with Gasteiger partial charge in [-0.15, -0.1) is 0 Å². The van der Waals surface area contributed by atoms with Crippen molar-refractivity contribution in [3.63, 3.8) is 0 Å². The van der Waals surface area contributed by atoms with Crippen molar-refractivity contribution in [2.45, 2.75) is 58.5 Å². The number of methoxy groups -OCH3 is 1. The van der Waals surface area contributed by atoms with Gasteiger partial charge in [0.05, 0.1) is 0 Å². The third kappa shape index (κ3) is 5.28. The summed E-state index contributed by atoms with van der Waals surface area (Å²) in [6.45, 7) is 5.06. The third-order valence-corrected chi connectivity index (χ3v) is 3.53. The lowest BCUT2D eigenvalue weighted by atomic mass is 9.97. The molecule has 1 rings (SSSR count). The molecular formula is C14H27N3O2. The molecule has 0 radical (unpaired) electrons. The first-order valence-corrected chi connectivity index (χ1v) is 7.30. The Morgan fingerprint density at radius 2 is 2.05 bits per heavy atom. The van der Waals surface area contributed by atoms with Gasteiger partial charge in [-0.3, -0.25) is 0 Å². The SMILES string of the molecule is CCCC(OC)c1noc(CCC(CC)CCN)n1. The van der Waals surface area contributed by atoms with Crippen LogP contribution in [-0.4, -0.2) is 23.8 Å². The monoisotopic (exact) mass is 269 g/mol. The normalized spacial score (nSPS) is 14.5. The Bertz CT molecular complexity index is 341. The molecule has 0 bridgehead atoms. The Morgan fingerprint density at radius 3 is 2.63 bits per heavy atom. The highest BCUT2D eigenvalue weighted by Crippen LogP contribution is 2.20. The number of ether oxygens (including phenoxy) is 1. The summed E-state index contributed by atoms with van der Waals surface area (Å²) in [6.07, 6.45) is 6.00. The van der Waals surface area contributed by atoms with E-state index in [2.05, 4.69) is 24.0 Å². The lowest BCUT2D eigenvalue weighted by Crippen LogP contribution is -2.09. The topological polar surface area (TPSA) is 74.2 Å². The number of nitrogens with zero attached hydrogens (tertiary/aromatic N) is 2. The van der Waals surface area contributed by atoms with Crippen LogP contribution in [0, 0.1) is 5.92 Å². The molecule has 110 valence electrons. The summed E-state index contributed by atoms with van der Waals surface area (Å²) in [5, 5.41) is 4.02. The summed E-state index contributed by atoms with van der Waals surface area (Å²) < 4.78 is 10.7. The van der Waals surface area contributed by atoms with Gasteiger partial charge in [0.2, 0.25) is 11.7 Å². The van der Waals surface area contributed by atoms with E-state index in [9.17, 15) is 0 Å². The van der Waals surface area contributed by atoms with E-state index in [1.54, 1.807) is 7.11 Å². The fraction of sp³-hybridized carbons (Fsp3) is 0.857. The van der Waals surface area contributed by atoms with Gasteiger partial charge in [0, 0.05) is 13.5 Å². The van der Waals surface area contributed by atoms with E-state index in [-0.39, 0.29) is 6.10 Å². The first-order chi connectivity index (χ1) is 9.24. The highest BCUT2D eigenvalue weighted by atomic mass is 16.5. The van der Waals surface area contributed by atoms with Crippen LogP contribution in [0.3, 0.4) is 0 Å². The van der Waals surface area contributed by atoms with Crippen LogP contribution < -0.4 is 5.73 Å². The van der Waals surface area contributed by atoms with Crippen molar-refractivity contribution in [2.24, 2.45) is 11.7 Å². The van der Waals surface area contributed by atoms with Crippen molar-refractivity contribution >= 4 is 0 Å². The molecule has 0 aromatic carbocycles. The molecule has 2 atom stereocenters. The largest absolute Gasteiger partial charge is 0.373 e. The zero-order valence-corrected chi connectivity index (χ0v) is 12.4. The highest BCUT2D eigenvalue weighted by Gasteiger charge is 2.17. The van der Waals surface area contributed by atoms with E-state index in [4.69, 9.17) is 15.0 Å². The summed E-state index contributed by atoms with van der Waals surface area (Å²) in [4.78, 5) is 4.43. The molecule has 1 aromatic rings. The first kappa shape index (κ1) is 16.1. The summed E-state index contributed by atoms with van der Waals surface area (Å²) in [5.41, 5.74) is 5.60. The van der Waals surface area contributed by atoms with Crippen molar-refractivity contribution < 1.29 is 9.26 Å². The van der Waals surface area contributed by atoms with Gasteiger partial charge in [-0.05, 0) is 31.7 Å². The first-order valence-electron chi connectivity index (χ1n) is 7.30. The number of aromatic nitrogens is 2. The van der Waals surface area contributed by atoms with Crippen LogP contribution in [0.5, 0.6) is 0 Å². The Morgan fingerprint density at radius 1 is 1.26 bits per heavy atom. The summed E-state index contributed by atoms with van der Waals surface area (Å²) >= 11 is 0. The number of rotatable bonds is 10. The highest BCUT2D eigenvalue weighted by molar-refractivity contribution is 4.91. The average molecular weight is 269 g/mol. The van der Waals surface area contributed by atoms with Gasteiger partial charge in [0.1, 0.15) is 6.10 Å². The van der Waals surface area contributed by atoms with Crippen LogP contribution >= 0.6 is 0 Å². The molecule has 5 heteroatoms. The van der Waals surface area contributed by atoms with Crippen LogP contribution in [-0.2, 0) is 11.2 Å². The molecule has 0 saturated carbocycles. The molecule has 0 aliphatic carbocycles. The quantitative estimate of drug-likeness (QED) is 0.707. The molecule has 0 fully saturated rings. The van der Waals surface area contributed by atoms with Gasteiger partial charge in [-0.1, -0.05) is 31.8 Å². The second kappa shape index (κ2) is 9.04. The maximum Gasteiger partial charge on any atom is 0.226 e. The van der Waals surface area contributed by atoms with Crippen molar-refractivity contribution in [1.29, 1.82) is 0 Å². The predicted molar refractivity (Wildman–Crippen MR) is 74.7 cm³/mol. The van der Waals surface area contributed by atoms with E-state index >= 15 is 0 Å². The summed E-state index contributed by atoms with van der Waals surface area (Å²) in [5.74, 6) is 2.03. The van der Waals surface area contributed by atoms with E-state index in [0.29, 0.717) is 17.6 Å². The molecular weight excluding hydrogens is 242 g/mol. The smallest absolute Gasteiger partial charge is 0.226 e.